The third-order valence-corrected chi connectivity index (χ3v) is 5.62. The van der Waals surface area contributed by atoms with Gasteiger partial charge in [0.2, 0.25) is 5.88 Å². The van der Waals surface area contributed by atoms with Gasteiger partial charge >= 0.3 is 0 Å². The van der Waals surface area contributed by atoms with E-state index in [1.54, 1.807) is 23.0 Å². The largest absolute Gasteiger partial charge is 0.480 e. The van der Waals surface area contributed by atoms with E-state index in [1.807, 2.05) is 40.0 Å². The molecule has 0 aliphatic carbocycles. The maximum absolute atomic E-state index is 13.5. The fraction of sp³-hybridized carbons (Fsp3) is 0.292. The van der Waals surface area contributed by atoms with E-state index in [1.165, 1.54) is 17.9 Å². The number of benzene rings is 1. The van der Waals surface area contributed by atoms with E-state index < -0.39 is 5.91 Å². The summed E-state index contributed by atoms with van der Waals surface area (Å²) in [5.41, 5.74) is 2.01. The lowest BCUT2D eigenvalue weighted by atomic mass is 10.0. The Bertz CT molecular complexity index is 1420. The van der Waals surface area contributed by atoms with Crippen LogP contribution in [-0.2, 0) is 6.54 Å². The third kappa shape index (κ3) is 4.69. The van der Waals surface area contributed by atoms with E-state index in [-0.39, 0.29) is 29.3 Å². The molecule has 2 amide bonds. The molecule has 0 saturated heterocycles. The number of aromatic nitrogens is 5. The molecule has 0 fully saturated rings. The molecule has 0 spiro atoms. The number of hydrogen-bond acceptors (Lipinski definition) is 6. The first-order valence-corrected chi connectivity index (χ1v) is 11.5. The third-order valence-electron chi connectivity index (χ3n) is 5.32. The number of carbonyl (C=O) groups excluding carboxylic acids is 2. The molecule has 2 N–H and O–H groups in total. The highest BCUT2D eigenvalue weighted by atomic mass is 35.5. The average molecular weight is 496 g/mol. The zero-order chi connectivity index (χ0) is 25.3. The molecule has 3 aromatic heterocycles. The molecular formula is C24H26ClN7O3. The zero-order valence-corrected chi connectivity index (χ0v) is 20.8. The van der Waals surface area contributed by atoms with Gasteiger partial charge in [0.1, 0.15) is 11.2 Å². The van der Waals surface area contributed by atoms with Gasteiger partial charge in [-0.25, -0.2) is 9.67 Å². The number of carbonyl (C=O) groups is 2. The van der Waals surface area contributed by atoms with E-state index in [4.69, 9.17) is 16.3 Å². The van der Waals surface area contributed by atoms with Crippen molar-refractivity contribution in [2.24, 2.45) is 0 Å². The predicted molar refractivity (Wildman–Crippen MR) is 134 cm³/mol. The molecule has 0 saturated carbocycles. The van der Waals surface area contributed by atoms with Crippen LogP contribution in [0.15, 0.2) is 36.7 Å². The molecule has 0 atom stereocenters. The number of fused-ring (bicyclic) bond motifs is 1. The highest BCUT2D eigenvalue weighted by Gasteiger charge is 2.25. The number of ether oxygens (including phenoxy) is 1. The Balaban J connectivity index is 1.84. The van der Waals surface area contributed by atoms with E-state index in [0.29, 0.717) is 33.9 Å². The molecule has 0 radical (unpaired) electrons. The van der Waals surface area contributed by atoms with Gasteiger partial charge in [-0.2, -0.15) is 5.10 Å². The van der Waals surface area contributed by atoms with Crippen LogP contribution in [0, 0.1) is 6.92 Å². The summed E-state index contributed by atoms with van der Waals surface area (Å²) in [5, 5.41) is 15.8. The molecule has 1 aromatic carbocycles. The number of methoxy groups -OCH3 is 1. The predicted octanol–water partition coefficient (Wildman–Crippen LogP) is 4.00. The van der Waals surface area contributed by atoms with Gasteiger partial charge in [0.15, 0.2) is 5.82 Å². The minimum atomic E-state index is -0.515. The van der Waals surface area contributed by atoms with Crippen LogP contribution in [0.25, 0.3) is 16.7 Å². The Morgan fingerprint density at radius 2 is 1.97 bits per heavy atom. The van der Waals surface area contributed by atoms with Gasteiger partial charge in [-0.05, 0) is 51.5 Å². The van der Waals surface area contributed by atoms with Gasteiger partial charge in [0.25, 0.3) is 11.8 Å². The SMILES string of the molecule is CCn1cc2cc(C)c(NC(=O)c3cc(OC)nn3-c3ncccc3Cl)c(C(=O)NC(C)C)c2n1. The lowest BCUT2D eigenvalue weighted by Gasteiger charge is -2.16. The molecule has 0 bridgehead atoms. The molecule has 0 unspecified atom stereocenters. The van der Waals surface area contributed by atoms with Crippen LogP contribution >= 0.6 is 11.6 Å². The van der Waals surface area contributed by atoms with Crippen molar-refractivity contribution in [3.8, 4) is 11.7 Å². The van der Waals surface area contributed by atoms with Gasteiger partial charge in [-0.3, -0.25) is 14.3 Å². The average Bonchev–Trinajstić information content (AvgIpc) is 3.43. The summed E-state index contributed by atoms with van der Waals surface area (Å²) in [6, 6.07) is 6.60. The Morgan fingerprint density at radius 3 is 2.63 bits per heavy atom. The minimum Gasteiger partial charge on any atom is -0.480 e. The van der Waals surface area contributed by atoms with E-state index in [9.17, 15) is 9.59 Å². The Labute approximate surface area is 207 Å². The monoisotopic (exact) mass is 495 g/mol. The van der Waals surface area contributed by atoms with Crippen molar-refractivity contribution in [1.29, 1.82) is 0 Å². The summed E-state index contributed by atoms with van der Waals surface area (Å²) in [5.74, 6) is -0.361. The van der Waals surface area contributed by atoms with Crippen molar-refractivity contribution >= 4 is 40.0 Å². The van der Waals surface area contributed by atoms with Gasteiger partial charge in [-0.15, -0.1) is 5.10 Å². The topological polar surface area (TPSA) is 116 Å². The molecule has 35 heavy (non-hydrogen) atoms. The van der Waals surface area contributed by atoms with Crippen molar-refractivity contribution < 1.29 is 14.3 Å². The minimum absolute atomic E-state index is 0.105. The highest BCUT2D eigenvalue weighted by Crippen LogP contribution is 2.31. The summed E-state index contributed by atoms with van der Waals surface area (Å²) < 4.78 is 8.30. The maximum Gasteiger partial charge on any atom is 0.274 e. The maximum atomic E-state index is 13.5. The summed E-state index contributed by atoms with van der Waals surface area (Å²) in [4.78, 5) is 31.1. The molecule has 182 valence electrons. The molecule has 10 nitrogen and oxygen atoms in total. The molecule has 0 aliphatic heterocycles. The van der Waals surface area contributed by atoms with Crippen LogP contribution in [0.5, 0.6) is 5.88 Å². The molecule has 4 rings (SSSR count). The number of rotatable bonds is 7. The van der Waals surface area contributed by atoms with Crippen molar-refractivity contribution in [3.63, 3.8) is 0 Å². The van der Waals surface area contributed by atoms with Crippen LogP contribution < -0.4 is 15.4 Å². The Hall–Kier alpha value is -3.92. The van der Waals surface area contributed by atoms with Gasteiger partial charge in [-0.1, -0.05) is 11.6 Å². The van der Waals surface area contributed by atoms with Gasteiger partial charge in [0, 0.05) is 36.4 Å². The smallest absolute Gasteiger partial charge is 0.274 e. The van der Waals surface area contributed by atoms with Crippen LogP contribution in [0.3, 0.4) is 0 Å². The molecular weight excluding hydrogens is 470 g/mol. The zero-order valence-electron chi connectivity index (χ0n) is 20.1. The van der Waals surface area contributed by atoms with Crippen LogP contribution in [0.1, 0.15) is 47.2 Å². The number of halogens is 1. The Kier molecular flexibility index (Phi) is 6.74. The Morgan fingerprint density at radius 1 is 1.20 bits per heavy atom. The molecule has 0 aliphatic rings. The first-order valence-electron chi connectivity index (χ1n) is 11.1. The quantitative estimate of drug-likeness (QED) is 0.400. The summed E-state index contributed by atoms with van der Waals surface area (Å²) >= 11 is 6.31. The van der Waals surface area contributed by atoms with Crippen molar-refractivity contribution in [1.82, 2.24) is 29.9 Å². The van der Waals surface area contributed by atoms with Crippen LogP contribution in [-0.4, -0.2) is 49.5 Å². The number of hydrogen-bond donors (Lipinski definition) is 2. The number of nitrogens with one attached hydrogen (secondary N) is 2. The fourth-order valence-electron chi connectivity index (χ4n) is 3.73. The summed E-state index contributed by atoms with van der Waals surface area (Å²) in [7, 11) is 1.45. The first kappa shape index (κ1) is 24.2. The lowest BCUT2D eigenvalue weighted by Crippen LogP contribution is -2.31. The summed E-state index contributed by atoms with van der Waals surface area (Å²) in [6.45, 7) is 8.18. The van der Waals surface area contributed by atoms with Crippen LogP contribution in [0.4, 0.5) is 5.69 Å². The number of anilines is 1. The second kappa shape index (κ2) is 9.75. The van der Waals surface area contributed by atoms with Crippen molar-refractivity contribution in [3.05, 3.63) is 58.5 Å². The molecule has 4 aromatic rings. The van der Waals surface area contributed by atoms with Gasteiger partial charge in [0.05, 0.1) is 23.4 Å². The normalized spacial score (nSPS) is 11.2. The molecule has 11 heteroatoms. The standard InChI is InChI=1S/C24H26ClN7O3/c1-6-31-12-15-10-14(4)20(19(21(15)30-31)24(34)27-13(2)3)28-23(33)17-11-18(35-5)29-32(17)22-16(25)8-7-9-26-22/h7-13H,6H2,1-5H3,(H,27,34)(H,28,33). The highest BCUT2D eigenvalue weighted by molar-refractivity contribution is 6.32. The second-order valence-electron chi connectivity index (χ2n) is 8.24. The van der Waals surface area contributed by atoms with Crippen molar-refractivity contribution in [2.75, 3.05) is 12.4 Å². The number of nitrogens with zero attached hydrogens (tertiary/aromatic N) is 5. The molecule has 3 heterocycles. The van der Waals surface area contributed by atoms with Crippen molar-refractivity contribution in [2.45, 2.75) is 40.3 Å². The number of aryl methyl sites for hydroxylation is 2. The summed E-state index contributed by atoms with van der Waals surface area (Å²) in [6.07, 6.45) is 3.43. The first-order chi connectivity index (χ1) is 16.7. The van der Waals surface area contributed by atoms with E-state index in [0.717, 1.165) is 5.39 Å². The second-order valence-corrected chi connectivity index (χ2v) is 8.65. The number of pyridine rings is 1. The fourth-order valence-corrected chi connectivity index (χ4v) is 3.93. The number of amides is 2. The lowest BCUT2D eigenvalue weighted by molar-refractivity contribution is 0.0945. The van der Waals surface area contributed by atoms with E-state index in [2.05, 4.69) is 25.8 Å². The van der Waals surface area contributed by atoms with Gasteiger partial charge < -0.3 is 15.4 Å². The van der Waals surface area contributed by atoms with Crippen LogP contribution in [0.2, 0.25) is 5.02 Å². The van der Waals surface area contributed by atoms with E-state index >= 15 is 0 Å².